The van der Waals surface area contributed by atoms with E-state index in [9.17, 15) is 8.78 Å². The number of rotatable bonds is 5. The molecule has 1 saturated heterocycles. The van der Waals surface area contributed by atoms with E-state index in [1.165, 1.54) is 0 Å². The van der Waals surface area contributed by atoms with Crippen molar-refractivity contribution in [3.8, 4) is 5.75 Å². The highest BCUT2D eigenvalue weighted by Crippen LogP contribution is 2.35. The minimum Gasteiger partial charge on any atom is -0.433 e. The van der Waals surface area contributed by atoms with Gasteiger partial charge in [-0.2, -0.15) is 8.78 Å². The average Bonchev–Trinajstić information content (AvgIpc) is 2.94. The highest BCUT2D eigenvalue weighted by Gasteiger charge is 2.26. The molecule has 1 aliphatic rings. The monoisotopic (exact) mass is 359 g/mol. The van der Waals surface area contributed by atoms with E-state index >= 15 is 0 Å². The second-order valence-electron chi connectivity index (χ2n) is 6.59. The number of hydrogen-bond donors (Lipinski definition) is 1. The first kappa shape index (κ1) is 16.7. The van der Waals surface area contributed by atoms with E-state index in [1.54, 1.807) is 24.7 Å². The molecule has 0 unspecified atom stereocenters. The number of likely N-dealkylation sites (tertiary alicyclic amines) is 1. The largest absolute Gasteiger partial charge is 0.433 e. The number of aryl methyl sites for hydroxylation is 1. The van der Waals surface area contributed by atoms with Crippen molar-refractivity contribution in [2.45, 2.75) is 12.5 Å². The van der Waals surface area contributed by atoms with E-state index in [-0.39, 0.29) is 5.75 Å². The molecule has 4 rings (SSSR count). The summed E-state index contributed by atoms with van der Waals surface area (Å²) in [7, 11) is 3.91. The molecule has 3 aromatic rings. The van der Waals surface area contributed by atoms with Gasteiger partial charge in [0.1, 0.15) is 17.1 Å². The number of ether oxygens (including phenoxy) is 1. The number of pyridine rings is 1. The van der Waals surface area contributed by atoms with Crippen LogP contribution < -0.4 is 10.1 Å². The van der Waals surface area contributed by atoms with Gasteiger partial charge >= 0.3 is 6.61 Å². The molecule has 0 spiro atoms. The summed E-state index contributed by atoms with van der Waals surface area (Å²) in [4.78, 5) is 10.7. The summed E-state index contributed by atoms with van der Waals surface area (Å²) in [6.07, 6.45) is 3.34. The SMILES string of the molecule is CN1CC(c2ccc(Nc3cc4c(cn3)ncn4C)c(OC(F)F)c2)C1. The third-order valence-corrected chi connectivity index (χ3v) is 4.63. The van der Waals surface area contributed by atoms with Gasteiger partial charge in [0.15, 0.2) is 0 Å². The molecule has 26 heavy (non-hydrogen) atoms. The maximum Gasteiger partial charge on any atom is 0.387 e. The number of alkyl halides is 2. The minimum absolute atomic E-state index is 0.124. The molecule has 3 heterocycles. The number of nitrogens with zero attached hydrogens (tertiary/aromatic N) is 4. The first-order chi connectivity index (χ1) is 12.5. The molecule has 1 fully saturated rings. The number of likely N-dealkylation sites (N-methyl/N-ethyl adjacent to an activating group) is 1. The van der Waals surface area contributed by atoms with Crippen LogP contribution in [0.3, 0.4) is 0 Å². The number of benzene rings is 1. The summed E-state index contributed by atoms with van der Waals surface area (Å²) in [6, 6.07) is 7.22. The highest BCUT2D eigenvalue weighted by molar-refractivity contribution is 5.79. The molecule has 0 atom stereocenters. The van der Waals surface area contributed by atoms with Gasteiger partial charge in [0.05, 0.1) is 23.7 Å². The number of fused-ring (bicyclic) bond motifs is 1. The fourth-order valence-corrected chi connectivity index (χ4v) is 3.24. The summed E-state index contributed by atoms with van der Waals surface area (Å²) in [6.45, 7) is -1.05. The molecule has 136 valence electrons. The van der Waals surface area contributed by atoms with Crippen molar-refractivity contribution in [2.24, 2.45) is 7.05 Å². The van der Waals surface area contributed by atoms with Crippen molar-refractivity contribution in [1.29, 1.82) is 0 Å². The van der Waals surface area contributed by atoms with Crippen LogP contribution in [0.4, 0.5) is 20.3 Å². The van der Waals surface area contributed by atoms with Gasteiger partial charge in [-0.25, -0.2) is 9.97 Å². The van der Waals surface area contributed by atoms with Gasteiger partial charge in [0, 0.05) is 32.1 Å². The molecule has 2 aromatic heterocycles. The fraction of sp³-hybridized carbons (Fsp3) is 0.333. The lowest BCUT2D eigenvalue weighted by Crippen LogP contribution is -2.41. The van der Waals surface area contributed by atoms with Crippen LogP contribution in [0.1, 0.15) is 11.5 Å². The quantitative estimate of drug-likeness (QED) is 0.757. The smallest absolute Gasteiger partial charge is 0.387 e. The fourth-order valence-electron chi connectivity index (χ4n) is 3.24. The lowest BCUT2D eigenvalue weighted by Gasteiger charge is -2.36. The molecule has 0 radical (unpaired) electrons. The van der Waals surface area contributed by atoms with Gasteiger partial charge in [-0.05, 0) is 24.7 Å². The molecular weight excluding hydrogens is 340 g/mol. The summed E-state index contributed by atoms with van der Waals surface area (Å²) >= 11 is 0. The summed E-state index contributed by atoms with van der Waals surface area (Å²) in [5.41, 5.74) is 3.12. The van der Waals surface area contributed by atoms with Gasteiger partial charge in [0.2, 0.25) is 0 Å². The zero-order chi connectivity index (χ0) is 18.3. The zero-order valence-corrected chi connectivity index (χ0v) is 14.5. The van der Waals surface area contributed by atoms with Crippen LogP contribution >= 0.6 is 0 Å². The molecule has 1 aliphatic heterocycles. The van der Waals surface area contributed by atoms with E-state index in [0.717, 1.165) is 29.7 Å². The Morgan fingerprint density at radius 2 is 2.00 bits per heavy atom. The third-order valence-electron chi connectivity index (χ3n) is 4.63. The Morgan fingerprint density at radius 3 is 2.73 bits per heavy atom. The number of hydrogen-bond acceptors (Lipinski definition) is 5. The Balaban J connectivity index is 1.63. The normalized spacial score (nSPS) is 15.4. The van der Waals surface area contributed by atoms with Crippen molar-refractivity contribution < 1.29 is 13.5 Å². The number of anilines is 2. The van der Waals surface area contributed by atoms with Crippen LogP contribution in [0.15, 0.2) is 36.8 Å². The van der Waals surface area contributed by atoms with Crippen molar-refractivity contribution in [1.82, 2.24) is 19.4 Å². The van der Waals surface area contributed by atoms with Crippen LogP contribution in [0.25, 0.3) is 11.0 Å². The lowest BCUT2D eigenvalue weighted by molar-refractivity contribution is -0.0494. The van der Waals surface area contributed by atoms with Crippen molar-refractivity contribution >= 4 is 22.5 Å². The maximum absolute atomic E-state index is 12.9. The summed E-state index contributed by atoms with van der Waals surface area (Å²) in [5.74, 6) is 1.01. The molecular formula is C18H19F2N5O. The third kappa shape index (κ3) is 3.20. The Labute approximate surface area is 149 Å². The van der Waals surface area contributed by atoms with E-state index in [4.69, 9.17) is 4.74 Å². The zero-order valence-electron chi connectivity index (χ0n) is 14.5. The van der Waals surface area contributed by atoms with Crippen molar-refractivity contribution in [3.63, 3.8) is 0 Å². The molecule has 6 nitrogen and oxygen atoms in total. The van der Waals surface area contributed by atoms with Crippen molar-refractivity contribution in [2.75, 3.05) is 25.5 Å². The van der Waals surface area contributed by atoms with Crippen LogP contribution in [0.2, 0.25) is 0 Å². The first-order valence-electron chi connectivity index (χ1n) is 8.31. The van der Waals surface area contributed by atoms with Crippen LogP contribution in [-0.2, 0) is 7.05 Å². The lowest BCUT2D eigenvalue weighted by atomic mass is 9.92. The molecule has 0 saturated carbocycles. The highest BCUT2D eigenvalue weighted by atomic mass is 19.3. The number of imidazole rings is 1. The summed E-state index contributed by atoms with van der Waals surface area (Å²) < 4.78 is 32.3. The molecule has 0 bridgehead atoms. The maximum atomic E-state index is 12.9. The summed E-state index contributed by atoms with van der Waals surface area (Å²) in [5, 5.41) is 3.08. The predicted octanol–water partition coefficient (Wildman–Crippen LogP) is 3.34. The van der Waals surface area contributed by atoms with Crippen LogP contribution in [-0.4, -0.2) is 46.2 Å². The van der Waals surface area contributed by atoms with Gasteiger partial charge < -0.3 is 19.5 Å². The second kappa shape index (κ2) is 6.53. The second-order valence-corrected chi connectivity index (χ2v) is 6.59. The average molecular weight is 359 g/mol. The topological polar surface area (TPSA) is 55.2 Å². The number of halogens is 2. The Bertz CT molecular complexity index is 936. The molecule has 8 heteroatoms. The van der Waals surface area contributed by atoms with E-state index in [0.29, 0.717) is 17.4 Å². The van der Waals surface area contributed by atoms with E-state index < -0.39 is 6.61 Å². The van der Waals surface area contributed by atoms with E-state index in [2.05, 4.69) is 20.2 Å². The van der Waals surface area contributed by atoms with Gasteiger partial charge in [-0.15, -0.1) is 0 Å². The van der Waals surface area contributed by atoms with Gasteiger partial charge in [-0.1, -0.05) is 6.07 Å². The standard InChI is InChI=1S/C18H19F2N5O/c1-24-8-12(9-24)11-3-4-13(16(5-11)26-18(19)20)23-17-6-15-14(7-21-17)22-10-25(15)2/h3-7,10,12,18H,8-9H2,1-2H3,(H,21,23). The van der Waals surface area contributed by atoms with E-state index in [1.807, 2.05) is 30.8 Å². The molecule has 0 amide bonds. The molecule has 1 aromatic carbocycles. The minimum atomic E-state index is -2.89. The molecule has 1 N–H and O–H groups in total. The Hall–Kier alpha value is -2.74. The van der Waals surface area contributed by atoms with Crippen LogP contribution in [0.5, 0.6) is 5.75 Å². The number of aromatic nitrogens is 3. The van der Waals surface area contributed by atoms with Gasteiger partial charge in [-0.3, -0.25) is 0 Å². The Kier molecular flexibility index (Phi) is 4.20. The Morgan fingerprint density at radius 1 is 1.19 bits per heavy atom. The molecule has 0 aliphatic carbocycles. The predicted molar refractivity (Wildman–Crippen MR) is 95.1 cm³/mol. The van der Waals surface area contributed by atoms with Crippen molar-refractivity contribution in [3.05, 3.63) is 42.4 Å². The number of nitrogens with one attached hydrogen (secondary N) is 1. The van der Waals surface area contributed by atoms with Crippen LogP contribution in [0, 0.1) is 0 Å². The van der Waals surface area contributed by atoms with Gasteiger partial charge in [0.25, 0.3) is 0 Å². The first-order valence-corrected chi connectivity index (χ1v) is 8.31.